The zero-order valence-electron chi connectivity index (χ0n) is 19.2. The van der Waals surface area contributed by atoms with Crippen LogP contribution < -0.4 is 15.0 Å². The summed E-state index contributed by atoms with van der Waals surface area (Å²) in [6, 6.07) is 8.78. The van der Waals surface area contributed by atoms with Gasteiger partial charge in [-0.15, -0.1) is 0 Å². The average molecular weight is 439 g/mol. The van der Waals surface area contributed by atoms with E-state index in [2.05, 4.69) is 34.5 Å². The lowest BCUT2D eigenvalue weighted by molar-refractivity contribution is -0.163. The fraction of sp³-hybridized carbons (Fsp3) is 0.741. The Morgan fingerprint density at radius 2 is 1.72 bits per heavy atom. The van der Waals surface area contributed by atoms with Crippen LogP contribution in [0.5, 0.6) is 5.75 Å². The molecule has 4 bridgehead atoms. The third-order valence-corrected chi connectivity index (χ3v) is 9.27. The monoisotopic (exact) mass is 438 g/mol. The molecule has 7 rings (SSSR count). The summed E-state index contributed by atoms with van der Waals surface area (Å²) < 4.78 is 6.12. The molecule has 1 heterocycles. The smallest absolute Gasteiger partial charge is 0.226 e. The molecular weight excluding hydrogens is 400 g/mol. The highest BCUT2D eigenvalue weighted by molar-refractivity contribution is 5.83. The minimum atomic E-state index is -0.211. The van der Waals surface area contributed by atoms with E-state index in [1.54, 1.807) is 0 Å². The number of aliphatic hydroxyl groups is 1. The van der Waals surface area contributed by atoms with Crippen molar-refractivity contribution in [3.05, 3.63) is 24.3 Å². The van der Waals surface area contributed by atoms with Crippen LogP contribution in [-0.4, -0.2) is 42.4 Å². The number of amides is 1. The number of nitrogens with one attached hydrogen (secondary N) is 1. The molecule has 2 N–H and O–H groups in total. The maximum atomic E-state index is 13.5. The third kappa shape index (κ3) is 3.81. The number of carbonyl (C=O) groups is 1. The topological polar surface area (TPSA) is 61.8 Å². The first-order valence-corrected chi connectivity index (χ1v) is 13.1. The van der Waals surface area contributed by atoms with Crippen LogP contribution in [0.25, 0.3) is 0 Å². The molecule has 0 aromatic heterocycles. The Labute approximate surface area is 191 Å². The predicted octanol–water partition coefficient (Wildman–Crippen LogP) is 4.28. The molecule has 32 heavy (non-hydrogen) atoms. The molecule has 5 saturated carbocycles. The van der Waals surface area contributed by atoms with Crippen molar-refractivity contribution in [2.45, 2.75) is 88.9 Å². The van der Waals surface area contributed by atoms with Crippen LogP contribution in [-0.2, 0) is 4.79 Å². The van der Waals surface area contributed by atoms with E-state index in [1.807, 2.05) is 0 Å². The van der Waals surface area contributed by atoms with Gasteiger partial charge in [0.2, 0.25) is 5.91 Å². The lowest BCUT2D eigenvalue weighted by atomic mass is 9.48. The summed E-state index contributed by atoms with van der Waals surface area (Å²) in [6.45, 7) is 1.92. The van der Waals surface area contributed by atoms with Crippen LogP contribution in [0.2, 0.25) is 0 Å². The fourth-order valence-electron chi connectivity index (χ4n) is 7.88. The first-order chi connectivity index (χ1) is 15.6. The Bertz CT molecular complexity index is 818. The van der Waals surface area contributed by atoms with E-state index in [1.165, 1.54) is 31.4 Å². The van der Waals surface area contributed by atoms with E-state index >= 15 is 0 Å². The van der Waals surface area contributed by atoms with Gasteiger partial charge < -0.3 is 20.1 Å². The Kier molecular flexibility index (Phi) is 5.36. The maximum absolute atomic E-state index is 13.5. The largest absolute Gasteiger partial charge is 0.490 e. The lowest BCUT2D eigenvalue weighted by Gasteiger charge is -2.58. The van der Waals surface area contributed by atoms with E-state index in [4.69, 9.17) is 4.74 Å². The van der Waals surface area contributed by atoms with E-state index < -0.39 is 0 Å². The Morgan fingerprint density at radius 3 is 2.44 bits per heavy atom. The highest BCUT2D eigenvalue weighted by Crippen LogP contribution is 2.60. The molecule has 0 radical (unpaired) electrons. The van der Waals surface area contributed by atoms with Crippen molar-refractivity contribution < 1.29 is 14.6 Å². The van der Waals surface area contributed by atoms with Crippen molar-refractivity contribution in [1.82, 2.24) is 5.32 Å². The molecule has 6 aliphatic rings. The lowest BCUT2D eigenvalue weighted by Crippen LogP contribution is -2.60. The summed E-state index contributed by atoms with van der Waals surface area (Å²) in [6.07, 6.45) is 12.4. The molecule has 1 aliphatic heterocycles. The third-order valence-electron chi connectivity index (χ3n) is 9.27. The van der Waals surface area contributed by atoms with Crippen LogP contribution in [0, 0.1) is 23.2 Å². The minimum Gasteiger partial charge on any atom is -0.490 e. The SMILES string of the molecule is O=C(NC1CCCN(c2ccc(OC3CCCC3)cc2)C1)C12CC3CC(C1)C(O)C(C3)C2. The Hall–Kier alpha value is -1.75. The van der Waals surface area contributed by atoms with Gasteiger partial charge in [0.15, 0.2) is 0 Å². The summed E-state index contributed by atoms with van der Waals surface area (Å²) in [4.78, 5) is 15.9. The zero-order chi connectivity index (χ0) is 21.7. The van der Waals surface area contributed by atoms with Crippen molar-refractivity contribution >= 4 is 11.6 Å². The number of nitrogens with zero attached hydrogens (tertiary/aromatic N) is 1. The second-order valence-corrected chi connectivity index (χ2v) is 11.5. The highest BCUT2D eigenvalue weighted by atomic mass is 16.5. The zero-order valence-corrected chi connectivity index (χ0v) is 19.2. The van der Waals surface area contributed by atoms with Crippen LogP contribution in [0.1, 0.15) is 70.6 Å². The number of aliphatic hydroxyl groups excluding tert-OH is 1. The van der Waals surface area contributed by atoms with Crippen molar-refractivity contribution in [2.24, 2.45) is 23.2 Å². The number of piperidine rings is 1. The van der Waals surface area contributed by atoms with Crippen molar-refractivity contribution in [1.29, 1.82) is 0 Å². The summed E-state index contributed by atoms with van der Waals surface area (Å²) in [5, 5.41) is 14.0. The standard InChI is InChI=1S/C27H38N2O3/c30-25-19-12-18-13-20(25)16-27(14-18,15-19)26(31)28-21-4-3-11-29(17-21)22-7-9-24(10-8-22)32-23-5-1-2-6-23/h7-10,18-21,23,25,30H,1-6,11-17H2,(H,28,31). The Morgan fingerprint density at radius 1 is 1.00 bits per heavy atom. The molecule has 5 heteroatoms. The summed E-state index contributed by atoms with van der Waals surface area (Å²) in [7, 11) is 0. The number of carbonyl (C=O) groups excluding carboxylic acids is 1. The summed E-state index contributed by atoms with van der Waals surface area (Å²) >= 11 is 0. The van der Waals surface area contributed by atoms with E-state index in [-0.39, 0.29) is 23.5 Å². The number of hydrogen-bond donors (Lipinski definition) is 2. The number of hydrogen-bond acceptors (Lipinski definition) is 4. The highest BCUT2D eigenvalue weighted by Gasteiger charge is 2.58. The second-order valence-electron chi connectivity index (χ2n) is 11.5. The first-order valence-electron chi connectivity index (χ1n) is 13.1. The van der Waals surface area contributed by atoms with Gasteiger partial charge in [-0.2, -0.15) is 0 Å². The van der Waals surface area contributed by atoms with Gasteiger partial charge in [-0.25, -0.2) is 0 Å². The van der Waals surface area contributed by atoms with Crippen molar-refractivity contribution in [3.63, 3.8) is 0 Å². The predicted molar refractivity (Wildman–Crippen MR) is 125 cm³/mol. The van der Waals surface area contributed by atoms with Gasteiger partial charge in [-0.05, 0) is 113 Å². The average Bonchev–Trinajstić information content (AvgIpc) is 3.30. The normalized spacial score (nSPS) is 38.8. The van der Waals surface area contributed by atoms with Gasteiger partial charge >= 0.3 is 0 Å². The molecule has 0 spiro atoms. The quantitative estimate of drug-likeness (QED) is 0.720. The van der Waals surface area contributed by atoms with Gasteiger partial charge in [0.25, 0.3) is 0 Å². The molecule has 1 aromatic rings. The molecule has 174 valence electrons. The molecule has 3 atom stereocenters. The van der Waals surface area contributed by atoms with Gasteiger partial charge in [-0.1, -0.05) is 0 Å². The van der Waals surface area contributed by atoms with Crippen LogP contribution in [0.15, 0.2) is 24.3 Å². The molecule has 5 aliphatic carbocycles. The van der Waals surface area contributed by atoms with Crippen LogP contribution in [0.3, 0.4) is 0 Å². The fourth-order valence-corrected chi connectivity index (χ4v) is 7.88. The molecule has 1 amide bonds. The van der Waals surface area contributed by atoms with E-state index in [0.717, 1.165) is 63.8 Å². The summed E-state index contributed by atoms with van der Waals surface area (Å²) in [5.74, 6) is 2.59. The molecule has 1 aromatic carbocycles. The number of anilines is 1. The van der Waals surface area contributed by atoms with Gasteiger partial charge in [0, 0.05) is 24.8 Å². The van der Waals surface area contributed by atoms with Gasteiger partial charge in [0.05, 0.1) is 17.6 Å². The number of rotatable bonds is 5. The van der Waals surface area contributed by atoms with E-state index in [0.29, 0.717) is 23.9 Å². The van der Waals surface area contributed by atoms with Crippen LogP contribution in [0.4, 0.5) is 5.69 Å². The molecule has 1 saturated heterocycles. The number of benzene rings is 1. The molecular formula is C27H38N2O3. The first kappa shape index (κ1) is 20.8. The van der Waals surface area contributed by atoms with Gasteiger partial charge in [0.1, 0.15) is 5.75 Å². The Balaban J connectivity index is 1.08. The molecule has 3 unspecified atom stereocenters. The van der Waals surface area contributed by atoms with Gasteiger partial charge in [-0.3, -0.25) is 4.79 Å². The van der Waals surface area contributed by atoms with Crippen LogP contribution >= 0.6 is 0 Å². The summed E-state index contributed by atoms with van der Waals surface area (Å²) in [5.41, 5.74) is 1.01. The minimum absolute atomic E-state index is 0.168. The molecule has 5 nitrogen and oxygen atoms in total. The maximum Gasteiger partial charge on any atom is 0.226 e. The van der Waals surface area contributed by atoms with Crippen molar-refractivity contribution in [3.8, 4) is 5.75 Å². The molecule has 6 fully saturated rings. The van der Waals surface area contributed by atoms with Crippen molar-refractivity contribution in [2.75, 3.05) is 18.0 Å². The van der Waals surface area contributed by atoms with E-state index in [9.17, 15) is 9.90 Å². The number of ether oxygens (including phenoxy) is 1. The second kappa shape index (κ2) is 8.23.